The Labute approximate surface area is 110 Å². The molecule has 2 unspecified atom stereocenters. The van der Waals surface area contributed by atoms with E-state index < -0.39 is 6.17 Å². The molecule has 0 radical (unpaired) electrons. The fraction of sp³-hybridized carbons (Fsp3) is 0.538. The zero-order chi connectivity index (χ0) is 11.4. The second-order valence-electron chi connectivity index (χ2n) is 4.40. The van der Waals surface area contributed by atoms with Gasteiger partial charge in [0.05, 0.1) is 0 Å². The maximum absolute atomic E-state index is 14.0. The molecule has 3 heteroatoms. The second kappa shape index (κ2) is 5.96. The standard InChI is InChI=1S/C13H17FIN/c14-12(13-3-1-2-8-16-13)9-10-4-6-11(15)7-5-10/h4-7,12-13,16H,1-3,8-9H2. The van der Waals surface area contributed by atoms with Crippen LogP contribution in [0.5, 0.6) is 0 Å². The van der Waals surface area contributed by atoms with Gasteiger partial charge in [-0.05, 0) is 59.7 Å². The first-order valence-corrected chi connectivity index (χ1v) is 6.95. The third-order valence-electron chi connectivity index (χ3n) is 3.13. The fourth-order valence-electron chi connectivity index (χ4n) is 2.18. The summed E-state index contributed by atoms with van der Waals surface area (Å²) >= 11 is 2.27. The molecule has 1 aromatic rings. The van der Waals surface area contributed by atoms with Crippen LogP contribution in [0.3, 0.4) is 0 Å². The van der Waals surface area contributed by atoms with Gasteiger partial charge in [0.2, 0.25) is 0 Å². The van der Waals surface area contributed by atoms with Gasteiger partial charge in [0, 0.05) is 16.0 Å². The van der Waals surface area contributed by atoms with Crippen molar-refractivity contribution in [2.45, 2.75) is 37.9 Å². The minimum atomic E-state index is -0.750. The first kappa shape index (κ1) is 12.3. The van der Waals surface area contributed by atoms with Gasteiger partial charge in [0.1, 0.15) is 6.17 Å². The molecule has 1 N–H and O–H groups in total. The van der Waals surface area contributed by atoms with Crippen molar-refractivity contribution in [3.8, 4) is 0 Å². The van der Waals surface area contributed by atoms with Crippen LogP contribution in [-0.2, 0) is 6.42 Å². The smallest absolute Gasteiger partial charge is 0.119 e. The number of alkyl halides is 1. The molecule has 0 aromatic heterocycles. The van der Waals surface area contributed by atoms with Crippen LogP contribution >= 0.6 is 22.6 Å². The highest BCUT2D eigenvalue weighted by Gasteiger charge is 2.22. The Kier molecular flexibility index (Phi) is 4.58. The molecule has 2 rings (SSSR count). The molecule has 1 heterocycles. The van der Waals surface area contributed by atoms with Gasteiger partial charge in [-0.2, -0.15) is 0 Å². The van der Waals surface area contributed by atoms with E-state index in [0.717, 1.165) is 24.9 Å². The van der Waals surface area contributed by atoms with Gasteiger partial charge in [-0.25, -0.2) is 4.39 Å². The fourth-order valence-corrected chi connectivity index (χ4v) is 2.53. The van der Waals surface area contributed by atoms with Crippen molar-refractivity contribution in [3.05, 3.63) is 33.4 Å². The highest BCUT2D eigenvalue weighted by Crippen LogP contribution is 2.17. The molecule has 1 nitrogen and oxygen atoms in total. The quantitative estimate of drug-likeness (QED) is 0.837. The van der Waals surface area contributed by atoms with Crippen LogP contribution in [0.4, 0.5) is 4.39 Å². The summed E-state index contributed by atoms with van der Waals surface area (Å²) in [5.74, 6) is 0. The Morgan fingerprint density at radius 1 is 1.31 bits per heavy atom. The summed E-state index contributed by atoms with van der Waals surface area (Å²) in [6.07, 6.45) is 3.11. The lowest BCUT2D eigenvalue weighted by Gasteiger charge is -2.26. The minimum absolute atomic E-state index is 0.0630. The Morgan fingerprint density at radius 3 is 2.69 bits per heavy atom. The summed E-state index contributed by atoms with van der Waals surface area (Å²) in [4.78, 5) is 0. The Balaban J connectivity index is 1.90. The molecule has 1 aromatic carbocycles. The zero-order valence-electron chi connectivity index (χ0n) is 9.26. The normalized spacial score (nSPS) is 23.0. The summed E-state index contributed by atoms with van der Waals surface area (Å²) in [5, 5.41) is 3.27. The van der Waals surface area contributed by atoms with E-state index in [1.165, 1.54) is 9.99 Å². The average Bonchev–Trinajstić information content (AvgIpc) is 2.33. The van der Waals surface area contributed by atoms with Gasteiger partial charge in [-0.1, -0.05) is 18.6 Å². The second-order valence-corrected chi connectivity index (χ2v) is 5.65. The van der Waals surface area contributed by atoms with Gasteiger partial charge in [-0.3, -0.25) is 0 Å². The predicted octanol–water partition coefficient (Wildman–Crippen LogP) is 3.31. The van der Waals surface area contributed by atoms with Gasteiger partial charge in [0.15, 0.2) is 0 Å². The third-order valence-corrected chi connectivity index (χ3v) is 3.85. The van der Waals surface area contributed by atoms with Crippen molar-refractivity contribution in [2.75, 3.05) is 6.54 Å². The van der Waals surface area contributed by atoms with E-state index in [9.17, 15) is 4.39 Å². The van der Waals surface area contributed by atoms with Crippen LogP contribution in [-0.4, -0.2) is 18.8 Å². The van der Waals surface area contributed by atoms with Gasteiger partial charge >= 0.3 is 0 Å². The van der Waals surface area contributed by atoms with Crippen molar-refractivity contribution in [1.29, 1.82) is 0 Å². The third kappa shape index (κ3) is 3.42. The van der Waals surface area contributed by atoms with Gasteiger partial charge in [-0.15, -0.1) is 0 Å². The van der Waals surface area contributed by atoms with Crippen molar-refractivity contribution in [2.24, 2.45) is 0 Å². The minimum Gasteiger partial charge on any atom is -0.311 e. The summed E-state index contributed by atoms with van der Waals surface area (Å²) in [7, 11) is 0. The SMILES string of the molecule is FC(Cc1ccc(I)cc1)C1CCCCN1. The van der Waals surface area contributed by atoms with Crippen LogP contribution < -0.4 is 5.32 Å². The Morgan fingerprint density at radius 2 is 2.06 bits per heavy atom. The lowest BCUT2D eigenvalue weighted by molar-refractivity contribution is 0.217. The van der Waals surface area contributed by atoms with Crippen LogP contribution in [0.25, 0.3) is 0 Å². The molecular formula is C13H17FIN. The molecule has 88 valence electrons. The first-order valence-electron chi connectivity index (χ1n) is 5.87. The highest BCUT2D eigenvalue weighted by atomic mass is 127. The molecular weight excluding hydrogens is 316 g/mol. The summed E-state index contributed by atoms with van der Waals surface area (Å²) in [5.41, 5.74) is 1.10. The van der Waals surface area contributed by atoms with Gasteiger partial charge < -0.3 is 5.32 Å². The molecule has 0 saturated carbocycles. The number of rotatable bonds is 3. The monoisotopic (exact) mass is 333 g/mol. The number of piperidine rings is 1. The zero-order valence-corrected chi connectivity index (χ0v) is 11.4. The largest absolute Gasteiger partial charge is 0.311 e. The molecule has 0 spiro atoms. The molecule has 0 aliphatic carbocycles. The van der Waals surface area contributed by atoms with Crippen LogP contribution in [0.15, 0.2) is 24.3 Å². The number of hydrogen-bond donors (Lipinski definition) is 1. The van der Waals surface area contributed by atoms with Crippen molar-refractivity contribution in [3.63, 3.8) is 0 Å². The van der Waals surface area contributed by atoms with E-state index in [-0.39, 0.29) is 6.04 Å². The van der Waals surface area contributed by atoms with E-state index in [2.05, 4.69) is 27.9 Å². The number of hydrogen-bond acceptors (Lipinski definition) is 1. The lowest BCUT2D eigenvalue weighted by Crippen LogP contribution is -2.42. The molecule has 1 saturated heterocycles. The first-order chi connectivity index (χ1) is 7.75. The van der Waals surface area contributed by atoms with E-state index in [0.29, 0.717) is 6.42 Å². The number of benzene rings is 1. The molecule has 16 heavy (non-hydrogen) atoms. The number of nitrogens with one attached hydrogen (secondary N) is 1. The topological polar surface area (TPSA) is 12.0 Å². The van der Waals surface area contributed by atoms with Crippen LogP contribution in [0, 0.1) is 3.57 Å². The molecule has 0 amide bonds. The Bertz CT molecular complexity index is 319. The van der Waals surface area contributed by atoms with E-state index in [1.807, 2.05) is 24.3 Å². The summed E-state index contributed by atoms with van der Waals surface area (Å²) < 4.78 is 15.2. The number of halogens is 2. The predicted molar refractivity (Wildman–Crippen MR) is 73.4 cm³/mol. The van der Waals surface area contributed by atoms with Crippen molar-refractivity contribution in [1.82, 2.24) is 5.32 Å². The van der Waals surface area contributed by atoms with Gasteiger partial charge in [0.25, 0.3) is 0 Å². The molecule has 1 aliphatic heterocycles. The molecule has 2 atom stereocenters. The van der Waals surface area contributed by atoms with E-state index >= 15 is 0 Å². The summed E-state index contributed by atoms with van der Waals surface area (Å²) in [6.45, 7) is 0.970. The van der Waals surface area contributed by atoms with Crippen molar-refractivity contribution < 1.29 is 4.39 Å². The molecule has 1 fully saturated rings. The highest BCUT2D eigenvalue weighted by molar-refractivity contribution is 14.1. The van der Waals surface area contributed by atoms with E-state index in [4.69, 9.17) is 0 Å². The average molecular weight is 333 g/mol. The van der Waals surface area contributed by atoms with E-state index in [1.54, 1.807) is 0 Å². The molecule has 1 aliphatic rings. The molecule has 0 bridgehead atoms. The maximum atomic E-state index is 14.0. The van der Waals surface area contributed by atoms with Crippen molar-refractivity contribution >= 4 is 22.6 Å². The maximum Gasteiger partial charge on any atom is 0.119 e. The van der Waals surface area contributed by atoms with Crippen LogP contribution in [0.2, 0.25) is 0 Å². The lowest BCUT2D eigenvalue weighted by atomic mass is 9.96. The van der Waals surface area contributed by atoms with Crippen LogP contribution in [0.1, 0.15) is 24.8 Å². The summed E-state index contributed by atoms with van der Waals surface area (Å²) in [6, 6.07) is 8.19. The Hall–Kier alpha value is -0.160.